The second kappa shape index (κ2) is 5.92. The summed E-state index contributed by atoms with van der Waals surface area (Å²) in [6.07, 6.45) is 1.79. The fourth-order valence-electron chi connectivity index (χ4n) is 1.81. The Morgan fingerprint density at radius 3 is 2.75 bits per heavy atom. The Hall–Kier alpha value is -2.08. The predicted octanol–water partition coefficient (Wildman–Crippen LogP) is 2.71. The van der Waals surface area contributed by atoms with Gasteiger partial charge in [0.15, 0.2) is 5.76 Å². The first-order valence-corrected chi connectivity index (χ1v) is 6.95. The SMILES string of the molecule is Cc1ccc(CC(C)NC(=O)c2cc(C(=O)O)co2)s1. The lowest BCUT2D eigenvalue weighted by Gasteiger charge is -2.11. The first kappa shape index (κ1) is 14.3. The van der Waals surface area contributed by atoms with E-state index in [0.29, 0.717) is 0 Å². The van der Waals surface area contributed by atoms with E-state index < -0.39 is 11.9 Å². The normalized spacial score (nSPS) is 12.1. The van der Waals surface area contributed by atoms with Crippen LogP contribution in [0.5, 0.6) is 0 Å². The van der Waals surface area contributed by atoms with Crippen molar-refractivity contribution < 1.29 is 19.1 Å². The van der Waals surface area contributed by atoms with Gasteiger partial charge in [0.1, 0.15) is 6.26 Å². The maximum Gasteiger partial charge on any atom is 0.338 e. The van der Waals surface area contributed by atoms with Gasteiger partial charge in [-0.25, -0.2) is 4.79 Å². The van der Waals surface area contributed by atoms with Gasteiger partial charge in [-0.3, -0.25) is 4.79 Å². The molecule has 0 aromatic carbocycles. The highest BCUT2D eigenvalue weighted by atomic mass is 32.1. The molecule has 2 aromatic rings. The Bertz CT molecular complexity index is 629. The van der Waals surface area contributed by atoms with Gasteiger partial charge in [-0.15, -0.1) is 11.3 Å². The number of carbonyl (C=O) groups is 2. The number of furan rings is 1. The molecule has 2 N–H and O–H groups in total. The molecule has 0 spiro atoms. The molecule has 1 atom stereocenters. The standard InChI is InChI=1S/C14H15NO4S/c1-8(5-11-4-3-9(2)20-11)15-13(16)12-6-10(7-19-12)14(17)18/h3-4,6-8H,5H2,1-2H3,(H,15,16)(H,17,18). The molecule has 2 heterocycles. The van der Waals surface area contributed by atoms with Crippen molar-refractivity contribution in [3.63, 3.8) is 0 Å². The Morgan fingerprint density at radius 1 is 1.45 bits per heavy atom. The Balaban J connectivity index is 1.94. The number of aryl methyl sites for hydroxylation is 1. The second-order valence-corrected chi connectivity index (χ2v) is 5.97. The maximum absolute atomic E-state index is 11.9. The Kier molecular flexibility index (Phi) is 4.24. The average Bonchev–Trinajstić information content (AvgIpc) is 2.98. The van der Waals surface area contributed by atoms with Gasteiger partial charge in [0.2, 0.25) is 0 Å². The molecule has 0 radical (unpaired) electrons. The molecule has 0 fully saturated rings. The van der Waals surface area contributed by atoms with Crippen molar-refractivity contribution >= 4 is 23.2 Å². The smallest absolute Gasteiger partial charge is 0.338 e. The summed E-state index contributed by atoms with van der Waals surface area (Å²) in [6.45, 7) is 3.93. The van der Waals surface area contributed by atoms with Crippen LogP contribution in [0.2, 0.25) is 0 Å². The first-order chi connectivity index (χ1) is 9.45. The van der Waals surface area contributed by atoms with Crippen LogP contribution in [0.1, 0.15) is 37.6 Å². The van der Waals surface area contributed by atoms with E-state index in [1.807, 2.05) is 26.0 Å². The minimum absolute atomic E-state index is 0.0108. The maximum atomic E-state index is 11.9. The largest absolute Gasteiger partial charge is 0.478 e. The van der Waals surface area contributed by atoms with Crippen molar-refractivity contribution in [1.82, 2.24) is 5.32 Å². The average molecular weight is 293 g/mol. The van der Waals surface area contributed by atoms with Gasteiger partial charge in [-0.1, -0.05) is 0 Å². The third-order valence-corrected chi connectivity index (χ3v) is 3.77. The zero-order valence-electron chi connectivity index (χ0n) is 11.2. The highest BCUT2D eigenvalue weighted by molar-refractivity contribution is 7.11. The minimum Gasteiger partial charge on any atom is -0.478 e. The van der Waals surface area contributed by atoms with Gasteiger partial charge in [0, 0.05) is 28.3 Å². The van der Waals surface area contributed by atoms with Crippen LogP contribution in [0.25, 0.3) is 0 Å². The first-order valence-electron chi connectivity index (χ1n) is 6.13. The Labute approximate surface area is 120 Å². The molecule has 2 aromatic heterocycles. The lowest BCUT2D eigenvalue weighted by molar-refractivity contribution is 0.0695. The van der Waals surface area contributed by atoms with Crippen LogP contribution < -0.4 is 5.32 Å². The fraction of sp³-hybridized carbons (Fsp3) is 0.286. The van der Waals surface area contributed by atoms with E-state index in [1.165, 1.54) is 15.8 Å². The third kappa shape index (κ3) is 3.48. The number of hydrogen-bond donors (Lipinski definition) is 2. The number of carbonyl (C=O) groups excluding carboxylic acids is 1. The molecule has 0 saturated heterocycles. The number of nitrogens with one attached hydrogen (secondary N) is 1. The second-order valence-electron chi connectivity index (χ2n) is 4.60. The lowest BCUT2D eigenvalue weighted by Crippen LogP contribution is -2.33. The van der Waals surface area contributed by atoms with E-state index in [0.717, 1.165) is 12.7 Å². The van der Waals surface area contributed by atoms with Gasteiger partial charge >= 0.3 is 5.97 Å². The predicted molar refractivity (Wildman–Crippen MR) is 75.4 cm³/mol. The van der Waals surface area contributed by atoms with Crippen molar-refractivity contribution in [3.8, 4) is 0 Å². The van der Waals surface area contributed by atoms with Gasteiger partial charge in [-0.2, -0.15) is 0 Å². The molecule has 106 valence electrons. The van der Waals surface area contributed by atoms with Gasteiger partial charge in [-0.05, 0) is 26.0 Å². The zero-order chi connectivity index (χ0) is 14.7. The molecule has 2 rings (SSSR count). The number of thiophene rings is 1. The number of carboxylic acid groups (broad SMARTS) is 1. The summed E-state index contributed by atoms with van der Waals surface area (Å²) < 4.78 is 4.95. The molecule has 0 bridgehead atoms. The van der Waals surface area contributed by atoms with E-state index in [2.05, 4.69) is 5.32 Å². The molecule has 0 saturated carbocycles. The van der Waals surface area contributed by atoms with E-state index in [-0.39, 0.29) is 17.4 Å². The van der Waals surface area contributed by atoms with Crippen LogP contribution in [-0.4, -0.2) is 23.0 Å². The van der Waals surface area contributed by atoms with Crippen LogP contribution in [0.4, 0.5) is 0 Å². The van der Waals surface area contributed by atoms with Gasteiger partial charge in [0.25, 0.3) is 5.91 Å². The van der Waals surface area contributed by atoms with Crippen molar-refractivity contribution in [3.05, 3.63) is 45.5 Å². The molecule has 0 aliphatic carbocycles. The topological polar surface area (TPSA) is 79.5 Å². The van der Waals surface area contributed by atoms with Crippen molar-refractivity contribution in [2.24, 2.45) is 0 Å². The van der Waals surface area contributed by atoms with Crippen molar-refractivity contribution in [2.45, 2.75) is 26.3 Å². The number of aromatic carboxylic acids is 1. The summed E-state index contributed by atoms with van der Waals surface area (Å²) >= 11 is 1.69. The van der Waals surface area contributed by atoms with E-state index in [4.69, 9.17) is 9.52 Å². The summed E-state index contributed by atoms with van der Waals surface area (Å²) in [5.74, 6) is -1.51. The summed E-state index contributed by atoms with van der Waals surface area (Å²) in [7, 11) is 0. The molecule has 1 amide bonds. The van der Waals surface area contributed by atoms with E-state index in [1.54, 1.807) is 11.3 Å². The highest BCUT2D eigenvalue weighted by Crippen LogP contribution is 2.17. The van der Waals surface area contributed by atoms with E-state index in [9.17, 15) is 9.59 Å². The summed E-state index contributed by atoms with van der Waals surface area (Å²) in [5, 5.41) is 11.6. The quantitative estimate of drug-likeness (QED) is 0.888. The van der Waals surface area contributed by atoms with E-state index >= 15 is 0 Å². The molecular formula is C14H15NO4S. The number of amides is 1. The number of carboxylic acids is 1. The molecule has 0 aliphatic rings. The van der Waals surface area contributed by atoms with Crippen LogP contribution in [-0.2, 0) is 6.42 Å². The molecule has 20 heavy (non-hydrogen) atoms. The molecule has 6 heteroatoms. The van der Waals surface area contributed by atoms with Crippen LogP contribution in [0, 0.1) is 6.92 Å². The zero-order valence-corrected chi connectivity index (χ0v) is 12.0. The fourth-order valence-corrected chi connectivity index (χ4v) is 2.83. The molecule has 0 aliphatic heterocycles. The highest BCUT2D eigenvalue weighted by Gasteiger charge is 2.16. The summed E-state index contributed by atoms with van der Waals surface area (Å²) in [4.78, 5) is 25.0. The Morgan fingerprint density at radius 2 is 2.20 bits per heavy atom. The molecule has 5 nitrogen and oxygen atoms in total. The van der Waals surface area contributed by atoms with Gasteiger partial charge in [0.05, 0.1) is 5.56 Å². The summed E-state index contributed by atoms with van der Waals surface area (Å²) in [6, 6.07) is 5.25. The minimum atomic E-state index is -1.12. The van der Waals surface area contributed by atoms with Crippen molar-refractivity contribution in [1.29, 1.82) is 0 Å². The monoisotopic (exact) mass is 293 g/mol. The molecular weight excluding hydrogens is 278 g/mol. The third-order valence-electron chi connectivity index (χ3n) is 2.75. The van der Waals surface area contributed by atoms with Crippen molar-refractivity contribution in [2.75, 3.05) is 0 Å². The van der Waals surface area contributed by atoms with Crippen LogP contribution in [0.3, 0.4) is 0 Å². The van der Waals surface area contributed by atoms with Crippen LogP contribution >= 0.6 is 11.3 Å². The van der Waals surface area contributed by atoms with Gasteiger partial charge < -0.3 is 14.8 Å². The molecule has 1 unspecified atom stereocenters. The summed E-state index contributed by atoms with van der Waals surface area (Å²) in [5.41, 5.74) is -0.0308. The number of hydrogen-bond acceptors (Lipinski definition) is 4. The lowest BCUT2D eigenvalue weighted by atomic mass is 10.2. The van der Waals surface area contributed by atoms with Crippen LogP contribution in [0.15, 0.2) is 28.9 Å². The number of rotatable bonds is 5.